The van der Waals surface area contributed by atoms with Crippen LogP contribution in [0.15, 0.2) is 46.9 Å². The number of unbranched alkanes of at least 4 members (excludes halogenated alkanes) is 1. The number of aryl methyl sites for hydroxylation is 1. The van der Waals surface area contributed by atoms with Crippen LogP contribution in [0.25, 0.3) is 0 Å². The lowest BCUT2D eigenvalue weighted by Crippen LogP contribution is -1.92. The highest BCUT2D eigenvalue weighted by Crippen LogP contribution is 2.12. The fourth-order valence-electron chi connectivity index (χ4n) is 1.83. The van der Waals surface area contributed by atoms with Crippen LogP contribution < -0.4 is 0 Å². The first kappa shape index (κ1) is 12.9. The molecular formula is C16H20O2. The molecule has 18 heavy (non-hydrogen) atoms. The fourth-order valence-corrected chi connectivity index (χ4v) is 1.83. The van der Waals surface area contributed by atoms with E-state index in [0.717, 1.165) is 17.9 Å². The number of ether oxygens (including phenoxy) is 1. The zero-order valence-corrected chi connectivity index (χ0v) is 10.9. The topological polar surface area (TPSA) is 22.4 Å². The van der Waals surface area contributed by atoms with Gasteiger partial charge in [0.1, 0.15) is 18.1 Å². The van der Waals surface area contributed by atoms with E-state index in [1.807, 2.05) is 24.3 Å². The van der Waals surface area contributed by atoms with Gasteiger partial charge in [0.25, 0.3) is 0 Å². The minimum Gasteiger partial charge on any atom is -0.464 e. The van der Waals surface area contributed by atoms with Gasteiger partial charge in [-0.1, -0.05) is 43.7 Å². The molecule has 96 valence electrons. The molecule has 0 bridgehead atoms. The standard InChI is InChI=1S/C16H20O2/c1-2-3-9-15-10-11-16(18-15)13-17-12-14-7-5-4-6-8-14/h4-8,10-11H,2-3,9,12-13H2,1H3. The molecule has 1 aromatic heterocycles. The lowest BCUT2D eigenvalue weighted by molar-refractivity contribution is 0.0921. The summed E-state index contributed by atoms with van der Waals surface area (Å²) in [5, 5.41) is 0. The van der Waals surface area contributed by atoms with Crippen molar-refractivity contribution in [1.29, 1.82) is 0 Å². The zero-order valence-electron chi connectivity index (χ0n) is 10.9. The van der Waals surface area contributed by atoms with E-state index in [0.29, 0.717) is 13.2 Å². The summed E-state index contributed by atoms with van der Waals surface area (Å²) in [4.78, 5) is 0. The summed E-state index contributed by atoms with van der Waals surface area (Å²) in [7, 11) is 0. The van der Waals surface area contributed by atoms with Crippen molar-refractivity contribution in [2.24, 2.45) is 0 Å². The molecule has 2 heteroatoms. The second-order valence-corrected chi connectivity index (χ2v) is 4.45. The number of benzene rings is 1. The Hall–Kier alpha value is -1.54. The third-order valence-corrected chi connectivity index (χ3v) is 2.85. The summed E-state index contributed by atoms with van der Waals surface area (Å²) in [6, 6.07) is 14.2. The van der Waals surface area contributed by atoms with Crippen molar-refractivity contribution in [1.82, 2.24) is 0 Å². The van der Waals surface area contributed by atoms with Crippen LogP contribution in [0.1, 0.15) is 36.8 Å². The van der Waals surface area contributed by atoms with E-state index in [1.54, 1.807) is 0 Å². The highest BCUT2D eigenvalue weighted by molar-refractivity contribution is 5.13. The van der Waals surface area contributed by atoms with E-state index in [9.17, 15) is 0 Å². The molecule has 0 amide bonds. The van der Waals surface area contributed by atoms with Crippen LogP contribution in [-0.4, -0.2) is 0 Å². The van der Waals surface area contributed by atoms with Crippen molar-refractivity contribution in [3.63, 3.8) is 0 Å². The second-order valence-electron chi connectivity index (χ2n) is 4.45. The first-order valence-corrected chi connectivity index (χ1v) is 6.57. The largest absolute Gasteiger partial charge is 0.464 e. The van der Waals surface area contributed by atoms with E-state index in [2.05, 4.69) is 25.1 Å². The summed E-state index contributed by atoms with van der Waals surface area (Å²) in [6.45, 7) is 3.36. The van der Waals surface area contributed by atoms with Gasteiger partial charge in [-0.2, -0.15) is 0 Å². The van der Waals surface area contributed by atoms with Gasteiger partial charge in [-0.15, -0.1) is 0 Å². The van der Waals surface area contributed by atoms with Crippen LogP contribution >= 0.6 is 0 Å². The van der Waals surface area contributed by atoms with Crippen LogP contribution in [0.5, 0.6) is 0 Å². The first-order valence-electron chi connectivity index (χ1n) is 6.57. The minimum atomic E-state index is 0.543. The Kier molecular flexibility index (Phi) is 5.03. The van der Waals surface area contributed by atoms with E-state index in [-0.39, 0.29) is 0 Å². The summed E-state index contributed by atoms with van der Waals surface area (Å²) in [5.74, 6) is 1.98. The zero-order chi connectivity index (χ0) is 12.6. The van der Waals surface area contributed by atoms with Gasteiger partial charge in [-0.3, -0.25) is 0 Å². The van der Waals surface area contributed by atoms with Gasteiger partial charge >= 0.3 is 0 Å². The van der Waals surface area contributed by atoms with Crippen LogP contribution in [-0.2, 0) is 24.4 Å². The van der Waals surface area contributed by atoms with Crippen LogP contribution in [0.3, 0.4) is 0 Å². The molecular weight excluding hydrogens is 224 g/mol. The third-order valence-electron chi connectivity index (χ3n) is 2.85. The molecule has 1 heterocycles. The quantitative estimate of drug-likeness (QED) is 0.723. The second kappa shape index (κ2) is 7.02. The average molecular weight is 244 g/mol. The molecule has 1 aromatic carbocycles. The summed E-state index contributed by atoms with van der Waals surface area (Å²) >= 11 is 0. The molecule has 0 N–H and O–H groups in total. The van der Waals surface area contributed by atoms with Crippen molar-refractivity contribution in [2.45, 2.75) is 39.4 Å². The Labute approximate surface area is 109 Å². The molecule has 0 aliphatic carbocycles. The van der Waals surface area contributed by atoms with Gasteiger partial charge < -0.3 is 9.15 Å². The number of rotatable bonds is 7. The molecule has 2 nitrogen and oxygen atoms in total. The SMILES string of the molecule is CCCCc1ccc(COCc2ccccc2)o1. The summed E-state index contributed by atoms with van der Waals surface area (Å²) < 4.78 is 11.3. The van der Waals surface area contributed by atoms with Gasteiger partial charge in [0, 0.05) is 6.42 Å². The number of furan rings is 1. The Bertz CT molecular complexity index is 445. The molecule has 0 saturated heterocycles. The predicted molar refractivity (Wildman–Crippen MR) is 72.3 cm³/mol. The molecule has 0 aliphatic heterocycles. The van der Waals surface area contributed by atoms with Gasteiger partial charge in [-0.05, 0) is 24.1 Å². The molecule has 0 fully saturated rings. The maximum atomic E-state index is 5.70. The van der Waals surface area contributed by atoms with Crippen LogP contribution in [0.4, 0.5) is 0 Å². The third kappa shape index (κ3) is 4.04. The lowest BCUT2D eigenvalue weighted by Gasteiger charge is -2.02. The molecule has 0 aliphatic rings. The van der Waals surface area contributed by atoms with Crippen molar-refractivity contribution >= 4 is 0 Å². The van der Waals surface area contributed by atoms with Gasteiger partial charge in [0.2, 0.25) is 0 Å². The molecule has 2 rings (SSSR count). The average Bonchev–Trinajstić information content (AvgIpc) is 2.85. The smallest absolute Gasteiger partial charge is 0.129 e. The van der Waals surface area contributed by atoms with Crippen molar-refractivity contribution < 1.29 is 9.15 Å². The molecule has 0 unspecified atom stereocenters. The first-order chi connectivity index (χ1) is 8.88. The lowest BCUT2D eigenvalue weighted by atomic mass is 10.2. The van der Waals surface area contributed by atoms with E-state index >= 15 is 0 Å². The normalized spacial score (nSPS) is 10.7. The van der Waals surface area contributed by atoms with E-state index in [4.69, 9.17) is 9.15 Å². The highest BCUT2D eigenvalue weighted by Gasteiger charge is 2.02. The Morgan fingerprint density at radius 1 is 0.944 bits per heavy atom. The number of hydrogen-bond donors (Lipinski definition) is 0. The van der Waals surface area contributed by atoms with E-state index in [1.165, 1.54) is 18.4 Å². The fraction of sp³-hybridized carbons (Fsp3) is 0.375. The van der Waals surface area contributed by atoms with Crippen molar-refractivity contribution in [3.05, 3.63) is 59.5 Å². The monoisotopic (exact) mass is 244 g/mol. The van der Waals surface area contributed by atoms with Gasteiger partial charge in [0.05, 0.1) is 6.61 Å². The summed E-state index contributed by atoms with van der Waals surface area (Å²) in [5.41, 5.74) is 1.19. The Morgan fingerprint density at radius 3 is 2.50 bits per heavy atom. The summed E-state index contributed by atoms with van der Waals surface area (Å²) in [6.07, 6.45) is 3.40. The Balaban J connectivity index is 1.75. The van der Waals surface area contributed by atoms with Crippen LogP contribution in [0.2, 0.25) is 0 Å². The van der Waals surface area contributed by atoms with Gasteiger partial charge in [0.15, 0.2) is 0 Å². The van der Waals surface area contributed by atoms with Crippen LogP contribution in [0, 0.1) is 0 Å². The van der Waals surface area contributed by atoms with Gasteiger partial charge in [-0.25, -0.2) is 0 Å². The maximum Gasteiger partial charge on any atom is 0.129 e. The molecule has 0 radical (unpaired) electrons. The molecule has 0 atom stereocenters. The maximum absolute atomic E-state index is 5.70. The number of hydrogen-bond acceptors (Lipinski definition) is 2. The van der Waals surface area contributed by atoms with Crippen molar-refractivity contribution in [2.75, 3.05) is 0 Å². The van der Waals surface area contributed by atoms with Crippen molar-refractivity contribution in [3.8, 4) is 0 Å². The molecule has 0 spiro atoms. The highest BCUT2D eigenvalue weighted by atomic mass is 16.5. The van der Waals surface area contributed by atoms with E-state index < -0.39 is 0 Å². The Morgan fingerprint density at radius 2 is 1.72 bits per heavy atom. The molecule has 0 saturated carbocycles. The minimum absolute atomic E-state index is 0.543. The predicted octanol–water partition coefficient (Wildman–Crippen LogP) is 4.34. The molecule has 2 aromatic rings.